The minimum absolute atomic E-state index is 0.0686. The molecule has 0 atom stereocenters. The quantitative estimate of drug-likeness (QED) is 0.883. The van der Waals surface area contributed by atoms with Gasteiger partial charge < -0.3 is 10.5 Å². The van der Waals surface area contributed by atoms with E-state index in [-0.39, 0.29) is 10.6 Å². The van der Waals surface area contributed by atoms with Crippen molar-refractivity contribution < 1.29 is 13.2 Å². The Morgan fingerprint density at radius 3 is 2.68 bits per heavy atom. The van der Waals surface area contributed by atoms with Gasteiger partial charge in [-0.3, -0.25) is 9.71 Å². The zero-order valence-corrected chi connectivity index (χ0v) is 11.0. The largest absolute Gasteiger partial charge is 0.495 e. The normalized spacial score (nSPS) is 11.0. The molecule has 2 aromatic rings. The van der Waals surface area contributed by atoms with Crippen LogP contribution in [0.25, 0.3) is 0 Å². The zero-order valence-electron chi connectivity index (χ0n) is 10.2. The monoisotopic (exact) mass is 279 g/mol. The molecule has 0 aliphatic heterocycles. The predicted molar refractivity (Wildman–Crippen MR) is 72.5 cm³/mol. The topological polar surface area (TPSA) is 94.3 Å². The van der Waals surface area contributed by atoms with E-state index in [1.807, 2.05) is 0 Å². The molecule has 6 nitrogen and oxygen atoms in total. The number of ether oxygens (including phenoxy) is 1. The Bertz CT molecular complexity index is 686. The third-order valence-electron chi connectivity index (χ3n) is 2.46. The molecular formula is C12H13N3O3S. The Labute approximate surface area is 111 Å². The first kappa shape index (κ1) is 13.2. The minimum atomic E-state index is -3.79. The van der Waals surface area contributed by atoms with Crippen LogP contribution >= 0.6 is 0 Å². The van der Waals surface area contributed by atoms with Crippen LogP contribution in [0.3, 0.4) is 0 Å². The molecule has 1 aromatic carbocycles. The molecule has 0 saturated heterocycles. The van der Waals surface area contributed by atoms with Gasteiger partial charge in [0.2, 0.25) is 0 Å². The van der Waals surface area contributed by atoms with E-state index in [0.29, 0.717) is 11.4 Å². The van der Waals surface area contributed by atoms with E-state index >= 15 is 0 Å². The van der Waals surface area contributed by atoms with Gasteiger partial charge >= 0.3 is 0 Å². The summed E-state index contributed by atoms with van der Waals surface area (Å²) in [7, 11) is -2.33. The summed E-state index contributed by atoms with van der Waals surface area (Å²) in [5, 5.41) is 0. The van der Waals surface area contributed by atoms with Gasteiger partial charge in [-0.25, -0.2) is 8.42 Å². The summed E-state index contributed by atoms with van der Waals surface area (Å²) in [5.74, 6) is 0.425. The first-order chi connectivity index (χ1) is 9.04. The summed E-state index contributed by atoms with van der Waals surface area (Å²) in [6, 6.07) is 8.13. The lowest BCUT2D eigenvalue weighted by Gasteiger charge is -2.12. The highest BCUT2D eigenvalue weighted by atomic mass is 32.2. The first-order valence-corrected chi connectivity index (χ1v) is 6.88. The molecule has 0 unspecified atom stereocenters. The van der Waals surface area contributed by atoms with Gasteiger partial charge in [0, 0.05) is 12.4 Å². The van der Waals surface area contributed by atoms with Crippen molar-refractivity contribution in [3.05, 3.63) is 42.7 Å². The fourth-order valence-electron chi connectivity index (χ4n) is 1.54. The molecule has 0 radical (unpaired) electrons. The Morgan fingerprint density at radius 1 is 1.26 bits per heavy atom. The van der Waals surface area contributed by atoms with Crippen LogP contribution < -0.4 is 15.2 Å². The van der Waals surface area contributed by atoms with Crippen LogP contribution in [0.5, 0.6) is 5.75 Å². The molecule has 1 heterocycles. The first-order valence-electron chi connectivity index (χ1n) is 5.40. The highest BCUT2D eigenvalue weighted by Gasteiger charge is 2.19. The molecule has 0 aliphatic carbocycles. The number of para-hydroxylation sites is 2. The van der Waals surface area contributed by atoms with Gasteiger partial charge in [0.15, 0.2) is 0 Å². The maximum Gasteiger partial charge on any atom is 0.265 e. The molecule has 0 amide bonds. The van der Waals surface area contributed by atoms with E-state index in [4.69, 9.17) is 10.5 Å². The lowest BCUT2D eigenvalue weighted by molar-refractivity contribution is 0.417. The maximum absolute atomic E-state index is 12.2. The van der Waals surface area contributed by atoms with E-state index in [2.05, 4.69) is 9.71 Å². The van der Waals surface area contributed by atoms with Crippen LogP contribution in [0.4, 0.5) is 11.4 Å². The summed E-state index contributed by atoms with van der Waals surface area (Å²) in [4.78, 5) is 3.70. The summed E-state index contributed by atoms with van der Waals surface area (Å²) in [6.07, 6.45) is 2.63. The predicted octanol–water partition coefficient (Wildman–Crippen LogP) is 1.47. The van der Waals surface area contributed by atoms with Crippen LogP contribution in [-0.4, -0.2) is 20.5 Å². The van der Waals surface area contributed by atoms with E-state index < -0.39 is 10.0 Å². The van der Waals surface area contributed by atoms with Crippen LogP contribution in [0.2, 0.25) is 0 Å². The number of sulfonamides is 1. The number of hydrogen-bond donors (Lipinski definition) is 2. The summed E-state index contributed by atoms with van der Waals surface area (Å²) >= 11 is 0. The van der Waals surface area contributed by atoms with Gasteiger partial charge in [-0.15, -0.1) is 0 Å². The third kappa shape index (κ3) is 2.76. The lowest BCUT2D eigenvalue weighted by Crippen LogP contribution is -2.15. The SMILES string of the molecule is COc1ccccc1NS(=O)(=O)c1cnccc1N. The van der Waals surface area contributed by atoms with E-state index in [1.165, 1.54) is 25.6 Å². The van der Waals surface area contributed by atoms with Gasteiger partial charge in [0.25, 0.3) is 10.0 Å². The van der Waals surface area contributed by atoms with Crippen LogP contribution in [0.15, 0.2) is 47.6 Å². The molecule has 7 heteroatoms. The number of pyridine rings is 1. The Morgan fingerprint density at radius 2 is 2.00 bits per heavy atom. The van der Waals surface area contributed by atoms with E-state index in [9.17, 15) is 8.42 Å². The Balaban J connectivity index is 2.40. The second-order valence-corrected chi connectivity index (χ2v) is 5.37. The van der Waals surface area contributed by atoms with Crippen LogP contribution in [-0.2, 0) is 10.0 Å². The molecule has 0 spiro atoms. The molecule has 3 N–H and O–H groups in total. The zero-order chi connectivity index (χ0) is 13.9. The Kier molecular flexibility index (Phi) is 3.57. The number of benzene rings is 1. The third-order valence-corrected chi connectivity index (χ3v) is 3.87. The van der Waals surface area contributed by atoms with Gasteiger partial charge in [-0.05, 0) is 18.2 Å². The number of hydrogen-bond acceptors (Lipinski definition) is 5. The van der Waals surface area contributed by atoms with Crippen molar-refractivity contribution in [1.82, 2.24) is 4.98 Å². The van der Waals surface area contributed by atoms with Crippen molar-refractivity contribution in [1.29, 1.82) is 0 Å². The molecule has 0 saturated carbocycles. The summed E-state index contributed by atoms with van der Waals surface area (Å²) in [5.41, 5.74) is 6.12. The van der Waals surface area contributed by atoms with Crippen molar-refractivity contribution >= 4 is 21.4 Å². The number of nitrogens with zero attached hydrogens (tertiary/aromatic N) is 1. The van der Waals surface area contributed by atoms with Gasteiger partial charge in [0.1, 0.15) is 10.6 Å². The second-order valence-electron chi connectivity index (χ2n) is 3.72. The lowest BCUT2D eigenvalue weighted by atomic mass is 10.3. The van der Waals surface area contributed by atoms with Crippen LogP contribution in [0.1, 0.15) is 0 Å². The average Bonchev–Trinajstić information content (AvgIpc) is 2.39. The number of nitrogen functional groups attached to an aromatic ring is 1. The van der Waals surface area contributed by atoms with Crippen molar-refractivity contribution in [2.24, 2.45) is 0 Å². The summed E-state index contributed by atoms with van der Waals surface area (Å²) in [6.45, 7) is 0. The van der Waals surface area contributed by atoms with Crippen molar-refractivity contribution in [3.63, 3.8) is 0 Å². The van der Waals surface area contributed by atoms with Gasteiger partial charge in [-0.1, -0.05) is 12.1 Å². The van der Waals surface area contributed by atoms with Gasteiger partial charge in [0.05, 0.1) is 18.5 Å². The van der Waals surface area contributed by atoms with Crippen LogP contribution in [0, 0.1) is 0 Å². The van der Waals surface area contributed by atoms with Crippen molar-refractivity contribution in [3.8, 4) is 5.75 Å². The van der Waals surface area contributed by atoms with Crippen molar-refractivity contribution in [2.75, 3.05) is 17.6 Å². The molecule has 100 valence electrons. The second kappa shape index (κ2) is 5.15. The highest BCUT2D eigenvalue weighted by Crippen LogP contribution is 2.27. The fraction of sp³-hybridized carbons (Fsp3) is 0.0833. The van der Waals surface area contributed by atoms with Gasteiger partial charge in [-0.2, -0.15) is 0 Å². The molecule has 0 fully saturated rings. The molecule has 0 aliphatic rings. The Hall–Kier alpha value is -2.28. The fourth-order valence-corrected chi connectivity index (χ4v) is 2.69. The number of nitrogens with two attached hydrogens (primary N) is 1. The molecule has 0 bridgehead atoms. The molecular weight excluding hydrogens is 266 g/mol. The molecule has 19 heavy (non-hydrogen) atoms. The number of anilines is 2. The summed E-state index contributed by atoms with van der Waals surface area (Å²) < 4.78 is 31.9. The van der Waals surface area contributed by atoms with E-state index in [1.54, 1.807) is 24.3 Å². The highest BCUT2D eigenvalue weighted by molar-refractivity contribution is 7.92. The standard InChI is InChI=1S/C12H13N3O3S/c1-18-11-5-3-2-4-10(11)15-19(16,17)12-8-14-7-6-9(12)13/h2-8,15H,1H3,(H2,13,14). The number of rotatable bonds is 4. The van der Waals surface area contributed by atoms with Crippen molar-refractivity contribution in [2.45, 2.75) is 4.90 Å². The smallest absolute Gasteiger partial charge is 0.265 e. The maximum atomic E-state index is 12.2. The number of aromatic nitrogens is 1. The number of nitrogens with one attached hydrogen (secondary N) is 1. The number of methoxy groups -OCH3 is 1. The van der Waals surface area contributed by atoms with E-state index in [0.717, 1.165) is 0 Å². The average molecular weight is 279 g/mol. The molecule has 1 aromatic heterocycles. The molecule has 2 rings (SSSR count). The minimum Gasteiger partial charge on any atom is -0.495 e.